The van der Waals surface area contributed by atoms with Crippen molar-refractivity contribution >= 4 is 10.0 Å². The molecule has 0 heterocycles. The molecule has 0 amide bonds. The molecule has 0 atom stereocenters. The topological polar surface area (TPSA) is 66.4 Å². The van der Waals surface area contributed by atoms with Gasteiger partial charge in [-0.1, -0.05) is 12.1 Å². The van der Waals surface area contributed by atoms with Crippen molar-refractivity contribution in [2.45, 2.75) is 11.8 Å². The van der Waals surface area contributed by atoms with Gasteiger partial charge in [-0.3, -0.25) is 0 Å². The third kappa shape index (κ3) is 1.81. The molecule has 1 aromatic carbocycles. The first kappa shape index (κ1) is 10.0. The zero-order chi connectivity index (χ0) is 10.1. The molecule has 1 rings (SSSR count). The average molecular weight is 201 g/mol. The Kier molecular flexibility index (Phi) is 2.58. The lowest BCUT2D eigenvalue weighted by atomic mass is 10.2. The second kappa shape index (κ2) is 3.35. The van der Waals surface area contributed by atoms with Gasteiger partial charge in [-0.25, -0.2) is 13.1 Å². The van der Waals surface area contributed by atoms with Gasteiger partial charge in [0.2, 0.25) is 10.0 Å². The van der Waals surface area contributed by atoms with Crippen molar-refractivity contribution < 1.29 is 13.5 Å². The summed E-state index contributed by atoms with van der Waals surface area (Å²) >= 11 is 0. The lowest BCUT2D eigenvalue weighted by molar-refractivity contribution is 0.454. The SMILES string of the molecule is CNS(=O)(=O)c1cccc(C)c1O. The summed E-state index contributed by atoms with van der Waals surface area (Å²) in [5.74, 6) is -0.197. The van der Waals surface area contributed by atoms with E-state index in [1.54, 1.807) is 19.1 Å². The van der Waals surface area contributed by atoms with E-state index in [2.05, 4.69) is 4.72 Å². The second-order valence-corrected chi connectivity index (χ2v) is 4.48. The molecule has 0 aliphatic rings. The van der Waals surface area contributed by atoms with Gasteiger partial charge in [0.05, 0.1) is 0 Å². The van der Waals surface area contributed by atoms with Crippen LogP contribution in [0.1, 0.15) is 5.56 Å². The number of rotatable bonds is 2. The molecule has 13 heavy (non-hydrogen) atoms. The molecule has 0 unspecified atom stereocenters. The first-order valence-electron chi connectivity index (χ1n) is 3.71. The van der Waals surface area contributed by atoms with Gasteiger partial charge in [0.25, 0.3) is 0 Å². The van der Waals surface area contributed by atoms with Gasteiger partial charge in [0, 0.05) is 0 Å². The van der Waals surface area contributed by atoms with E-state index in [4.69, 9.17) is 0 Å². The number of phenolic OH excluding ortho intramolecular Hbond substituents is 1. The smallest absolute Gasteiger partial charge is 0.243 e. The van der Waals surface area contributed by atoms with Crippen LogP contribution in [0.25, 0.3) is 0 Å². The van der Waals surface area contributed by atoms with Crippen LogP contribution in [-0.4, -0.2) is 20.6 Å². The molecular formula is C8H11NO3S. The van der Waals surface area contributed by atoms with E-state index in [0.29, 0.717) is 5.56 Å². The number of benzene rings is 1. The first-order valence-corrected chi connectivity index (χ1v) is 5.19. The summed E-state index contributed by atoms with van der Waals surface area (Å²) in [4.78, 5) is -0.0880. The van der Waals surface area contributed by atoms with Crippen LogP contribution in [0.4, 0.5) is 0 Å². The molecule has 72 valence electrons. The second-order valence-electron chi connectivity index (χ2n) is 2.63. The molecule has 0 bridgehead atoms. The normalized spacial score (nSPS) is 11.5. The number of hydrogen-bond donors (Lipinski definition) is 2. The Bertz CT molecular complexity index is 411. The van der Waals surface area contributed by atoms with Crippen molar-refractivity contribution in [3.8, 4) is 5.75 Å². The molecule has 0 radical (unpaired) electrons. The van der Waals surface area contributed by atoms with Crippen LogP contribution in [-0.2, 0) is 10.0 Å². The van der Waals surface area contributed by atoms with Gasteiger partial charge < -0.3 is 5.11 Å². The van der Waals surface area contributed by atoms with Gasteiger partial charge >= 0.3 is 0 Å². The summed E-state index contributed by atoms with van der Waals surface area (Å²) in [5.41, 5.74) is 0.538. The van der Waals surface area contributed by atoms with E-state index < -0.39 is 10.0 Å². The Balaban J connectivity index is 3.40. The summed E-state index contributed by atoms with van der Waals surface area (Å²) in [7, 11) is -2.25. The van der Waals surface area contributed by atoms with E-state index in [1.165, 1.54) is 13.1 Å². The van der Waals surface area contributed by atoms with Crippen molar-refractivity contribution in [3.63, 3.8) is 0 Å². The minimum atomic E-state index is -3.55. The number of aryl methyl sites for hydroxylation is 1. The summed E-state index contributed by atoms with van der Waals surface area (Å²) in [6.45, 7) is 1.64. The highest BCUT2D eigenvalue weighted by Gasteiger charge is 2.16. The summed E-state index contributed by atoms with van der Waals surface area (Å²) in [6, 6.07) is 4.58. The molecule has 0 aliphatic carbocycles. The van der Waals surface area contributed by atoms with Crippen LogP contribution in [0.3, 0.4) is 0 Å². The Morgan fingerprint density at radius 3 is 2.54 bits per heavy atom. The molecule has 4 nitrogen and oxygen atoms in total. The summed E-state index contributed by atoms with van der Waals surface area (Å²) < 4.78 is 24.7. The Morgan fingerprint density at radius 1 is 1.38 bits per heavy atom. The van der Waals surface area contributed by atoms with E-state index in [-0.39, 0.29) is 10.6 Å². The van der Waals surface area contributed by atoms with Gasteiger partial charge in [-0.15, -0.1) is 0 Å². The molecule has 1 aromatic rings. The predicted octanol–water partition coefficient (Wildman–Crippen LogP) is 0.609. The Labute approximate surface area is 77.3 Å². The highest BCUT2D eigenvalue weighted by atomic mass is 32.2. The largest absolute Gasteiger partial charge is 0.506 e. The third-order valence-corrected chi connectivity index (χ3v) is 3.20. The van der Waals surface area contributed by atoms with Crippen molar-refractivity contribution in [1.29, 1.82) is 0 Å². The summed E-state index contributed by atoms with van der Waals surface area (Å²) in [5, 5.41) is 9.45. The van der Waals surface area contributed by atoms with E-state index in [1.807, 2.05) is 0 Å². The minimum Gasteiger partial charge on any atom is -0.506 e. The van der Waals surface area contributed by atoms with Crippen molar-refractivity contribution in [3.05, 3.63) is 23.8 Å². The number of phenols is 1. The number of aromatic hydroxyl groups is 1. The van der Waals surface area contributed by atoms with Gasteiger partial charge in [0.1, 0.15) is 10.6 Å². The summed E-state index contributed by atoms with van der Waals surface area (Å²) in [6.07, 6.45) is 0. The van der Waals surface area contributed by atoms with Crippen LogP contribution >= 0.6 is 0 Å². The molecular weight excluding hydrogens is 190 g/mol. The fourth-order valence-corrected chi connectivity index (χ4v) is 1.85. The number of hydrogen-bond acceptors (Lipinski definition) is 3. The molecule has 0 saturated heterocycles. The number of nitrogens with one attached hydrogen (secondary N) is 1. The van der Waals surface area contributed by atoms with Crippen LogP contribution in [0.2, 0.25) is 0 Å². The van der Waals surface area contributed by atoms with Crippen molar-refractivity contribution in [2.75, 3.05) is 7.05 Å². The van der Waals surface area contributed by atoms with E-state index in [0.717, 1.165) is 0 Å². The maximum Gasteiger partial charge on any atom is 0.243 e. The Hall–Kier alpha value is -1.07. The van der Waals surface area contributed by atoms with Crippen LogP contribution in [0.15, 0.2) is 23.1 Å². The highest BCUT2D eigenvalue weighted by molar-refractivity contribution is 7.89. The molecule has 0 saturated carbocycles. The van der Waals surface area contributed by atoms with Crippen molar-refractivity contribution in [1.82, 2.24) is 4.72 Å². The van der Waals surface area contributed by atoms with Crippen molar-refractivity contribution in [2.24, 2.45) is 0 Å². The van der Waals surface area contributed by atoms with Gasteiger partial charge in [-0.05, 0) is 25.6 Å². The quantitative estimate of drug-likeness (QED) is 0.736. The van der Waals surface area contributed by atoms with Gasteiger partial charge in [0.15, 0.2) is 0 Å². The monoisotopic (exact) mass is 201 g/mol. The van der Waals surface area contributed by atoms with Crippen LogP contribution in [0.5, 0.6) is 5.75 Å². The highest BCUT2D eigenvalue weighted by Crippen LogP contribution is 2.25. The lowest BCUT2D eigenvalue weighted by Crippen LogP contribution is -2.18. The standard InChI is InChI=1S/C8H11NO3S/c1-6-4-3-5-7(8(6)10)13(11,12)9-2/h3-5,9-10H,1-2H3. The van der Waals surface area contributed by atoms with Gasteiger partial charge in [-0.2, -0.15) is 0 Å². The molecule has 0 fully saturated rings. The van der Waals surface area contributed by atoms with E-state index in [9.17, 15) is 13.5 Å². The minimum absolute atomic E-state index is 0.0880. The fraction of sp³-hybridized carbons (Fsp3) is 0.250. The number of sulfonamides is 1. The zero-order valence-electron chi connectivity index (χ0n) is 7.40. The fourth-order valence-electron chi connectivity index (χ4n) is 0.959. The molecule has 0 aromatic heterocycles. The molecule has 0 aliphatic heterocycles. The predicted molar refractivity (Wildman–Crippen MR) is 49.1 cm³/mol. The Morgan fingerprint density at radius 2 is 2.00 bits per heavy atom. The van der Waals surface area contributed by atoms with Crippen LogP contribution in [0, 0.1) is 6.92 Å². The first-order chi connectivity index (χ1) is 5.99. The van der Waals surface area contributed by atoms with Crippen LogP contribution < -0.4 is 4.72 Å². The third-order valence-electron chi connectivity index (χ3n) is 1.76. The molecule has 2 N–H and O–H groups in total. The lowest BCUT2D eigenvalue weighted by Gasteiger charge is -2.06. The number of para-hydroxylation sites is 1. The zero-order valence-corrected chi connectivity index (χ0v) is 8.22. The molecule has 0 spiro atoms. The average Bonchev–Trinajstić information content (AvgIpc) is 2.09. The maximum absolute atomic E-state index is 11.3. The van der Waals surface area contributed by atoms with E-state index >= 15 is 0 Å². The molecule has 5 heteroatoms. The maximum atomic E-state index is 11.3.